The molecule has 0 amide bonds. The molecule has 0 fully saturated rings. The molecule has 0 N–H and O–H groups in total. The molecular formula is C12H18O2. The third-order valence-corrected chi connectivity index (χ3v) is 3.00. The van der Waals surface area contributed by atoms with E-state index in [9.17, 15) is 9.59 Å². The van der Waals surface area contributed by atoms with Gasteiger partial charge in [-0.1, -0.05) is 13.0 Å². The third-order valence-electron chi connectivity index (χ3n) is 3.00. The molecule has 1 aliphatic rings. The van der Waals surface area contributed by atoms with Crippen LogP contribution >= 0.6 is 0 Å². The Hall–Kier alpha value is -0.920. The van der Waals surface area contributed by atoms with E-state index in [1.165, 1.54) is 0 Å². The molecule has 0 heterocycles. The second-order valence-electron chi connectivity index (χ2n) is 4.18. The number of carbonyl (C=O) groups excluding carboxylic acids is 2. The van der Waals surface area contributed by atoms with Crippen molar-refractivity contribution in [2.75, 3.05) is 0 Å². The zero-order valence-corrected chi connectivity index (χ0v) is 8.95. The molecule has 1 rings (SSSR count). The first-order chi connectivity index (χ1) is 6.61. The Morgan fingerprint density at radius 2 is 2.14 bits per heavy atom. The molecule has 0 saturated carbocycles. The fraction of sp³-hybridized carbons (Fsp3) is 0.667. The molecule has 2 nitrogen and oxygen atoms in total. The molecule has 0 aromatic carbocycles. The highest BCUT2D eigenvalue weighted by molar-refractivity contribution is 5.90. The maximum atomic E-state index is 11.4. The zero-order valence-electron chi connectivity index (χ0n) is 8.95. The van der Waals surface area contributed by atoms with Gasteiger partial charge < -0.3 is 0 Å². The topological polar surface area (TPSA) is 34.1 Å². The molecule has 0 aromatic rings. The van der Waals surface area contributed by atoms with Crippen molar-refractivity contribution in [3.63, 3.8) is 0 Å². The van der Waals surface area contributed by atoms with Gasteiger partial charge in [-0.05, 0) is 38.2 Å². The van der Waals surface area contributed by atoms with Crippen LogP contribution in [-0.4, -0.2) is 11.6 Å². The molecule has 1 aliphatic carbocycles. The molecule has 2 heteroatoms. The zero-order chi connectivity index (χ0) is 10.6. The van der Waals surface area contributed by atoms with Gasteiger partial charge in [0, 0.05) is 12.3 Å². The number of allylic oxidation sites excluding steroid dienone is 2. The van der Waals surface area contributed by atoms with Crippen LogP contribution in [0, 0.1) is 11.8 Å². The lowest BCUT2D eigenvalue weighted by molar-refractivity contribution is -0.122. The Kier molecular flexibility index (Phi) is 4.05. The summed E-state index contributed by atoms with van der Waals surface area (Å²) < 4.78 is 0. The number of hydrogen-bond acceptors (Lipinski definition) is 2. The second-order valence-corrected chi connectivity index (χ2v) is 4.18. The summed E-state index contributed by atoms with van der Waals surface area (Å²) in [5.74, 6) is 0.874. The monoisotopic (exact) mass is 194 g/mol. The van der Waals surface area contributed by atoms with Crippen molar-refractivity contribution >= 4 is 11.6 Å². The first-order valence-corrected chi connectivity index (χ1v) is 5.31. The molecule has 2 atom stereocenters. The van der Waals surface area contributed by atoms with E-state index in [1.807, 2.05) is 6.08 Å². The van der Waals surface area contributed by atoms with Gasteiger partial charge in [0.1, 0.15) is 5.78 Å². The summed E-state index contributed by atoms with van der Waals surface area (Å²) >= 11 is 0. The van der Waals surface area contributed by atoms with Crippen molar-refractivity contribution in [3.05, 3.63) is 12.2 Å². The van der Waals surface area contributed by atoms with Gasteiger partial charge in [0.25, 0.3) is 0 Å². The van der Waals surface area contributed by atoms with Crippen molar-refractivity contribution in [2.45, 2.75) is 39.5 Å². The smallest absolute Gasteiger partial charge is 0.155 e. The minimum atomic E-state index is 0.0823. The van der Waals surface area contributed by atoms with Gasteiger partial charge in [0.15, 0.2) is 5.78 Å². The first kappa shape index (κ1) is 11.2. The average Bonchev–Trinajstić information content (AvgIpc) is 2.18. The second kappa shape index (κ2) is 5.08. The maximum Gasteiger partial charge on any atom is 0.155 e. The van der Waals surface area contributed by atoms with E-state index >= 15 is 0 Å². The van der Waals surface area contributed by atoms with Crippen LogP contribution < -0.4 is 0 Å². The summed E-state index contributed by atoms with van der Waals surface area (Å²) in [7, 11) is 0. The van der Waals surface area contributed by atoms with Crippen LogP contribution in [0.15, 0.2) is 12.2 Å². The summed E-state index contributed by atoms with van der Waals surface area (Å²) in [6.45, 7) is 3.74. The number of hydrogen-bond donors (Lipinski definition) is 0. The third kappa shape index (κ3) is 3.09. The molecule has 14 heavy (non-hydrogen) atoms. The molecule has 0 aromatic heterocycles. The van der Waals surface area contributed by atoms with Crippen molar-refractivity contribution in [1.82, 2.24) is 0 Å². The Morgan fingerprint density at radius 3 is 2.79 bits per heavy atom. The lowest BCUT2D eigenvalue weighted by Crippen LogP contribution is -2.20. The summed E-state index contributed by atoms with van der Waals surface area (Å²) in [5, 5.41) is 0. The quantitative estimate of drug-likeness (QED) is 0.642. The molecule has 0 radical (unpaired) electrons. The average molecular weight is 194 g/mol. The van der Waals surface area contributed by atoms with Crippen LogP contribution in [0.2, 0.25) is 0 Å². The van der Waals surface area contributed by atoms with Crippen LogP contribution in [0.1, 0.15) is 39.5 Å². The maximum absolute atomic E-state index is 11.4. The number of carbonyl (C=O) groups is 2. The van der Waals surface area contributed by atoms with Gasteiger partial charge in [-0.2, -0.15) is 0 Å². The largest absolute Gasteiger partial charge is 0.300 e. The van der Waals surface area contributed by atoms with Gasteiger partial charge in [-0.3, -0.25) is 9.59 Å². The van der Waals surface area contributed by atoms with Gasteiger partial charge in [0.2, 0.25) is 0 Å². The van der Waals surface area contributed by atoms with Crippen LogP contribution in [0.3, 0.4) is 0 Å². The molecule has 0 bridgehead atoms. The van der Waals surface area contributed by atoms with Gasteiger partial charge in [0.05, 0.1) is 0 Å². The predicted molar refractivity (Wildman–Crippen MR) is 56.0 cm³/mol. The van der Waals surface area contributed by atoms with E-state index in [-0.39, 0.29) is 17.5 Å². The number of ketones is 2. The van der Waals surface area contributed by atoms with Crippen LogP contribution in [0.4, 0.5) is 0 Å². The van der Waals surface area contributed by atoms with Crippen molar-refractivity contribution < 1.29 is 9.59 Å². The molecule has 0 saturated heterocycles. The summed E-state index contributed by atoms with van der Waals surface area (Å²) in [6, 6.07) is 0. The van der Waals surface area contributed by atoms with E-state index in [1.54, 1.807) is 13.0 Å². The van der Waals surface area contributed by atoms with Crippen LogP contribution in [-0.2, 0) is 9.59 Å². The standard InChI is InChI=1S/C12H18O2/c1-9-5-3-4-6-11(14)7-8-12(9)10(2)13/h4,6,9,12H,3,5,7-8H2,1-2H3/b6-4-/t9-,12?/m0/s1. The fourth-order valence-electron chi connectivity index (χ4n) is 2.04. The van der Waals surface area contributed by atoms with Crippen LogP contribution in [0.25, 0.3) is 0 Å². The highest BCUT2D eigenvalue weighted by Gasteiger charge is 2.22. The minimum absolute atomic E-state index is 0.0823. The number of Topliss-reactive ketones (excluding diaryl/α,β-unsaturated/α-hetero) is 1. The lowest BCUT2D eigenvalue weighted by Gasteiger charge is -2.19. The van der Waals surface area contributed by atoms with Crippen molar-refractivity contribution in [3.8, 4) is 0 Å². The first-order valence-electron chi connectivity index (χ1n) is 5.31. The Labute approximate surface area is 85.4 Å². The van der Waals surface area contributed by atoms with E-state index in [0.29, 0.717) is 12.3 Å². The number of rotatable bonds is 1. The molecular weight excluding hydrogens is 176 g/mol. The molecule has 0 aliphatic heterocycles. The minimum Gasteiger partial charge on any atom is -0.300 e. The Balaban J connectivity index is 2.67. The molecule has 0 spiro atoms. The predicted octanol–water partition coefficient (Wildman–Crippen LogP) is 2.53. The Morgan fingerprint density at radius 1 is 1.43 bits per heavy atom. The van der Waals surface area contributed by atoms with Crippen molar-refractivity contribution in [2.24, 2.45) is 11.8 Å². The lowest BCUT2D eigenvalue weighted by atomic mass is 9.84. The van der Waals surface area contributed by atoms with Crippen molar-refractivity contribution in [1.29, 1.82) is 0 Å². The van der Waals surface area contributed by atoms with E-state index in [2.05, 4.69) is 6.92 Å². The SMILES string of the molecule is CC(=O)C1CCC(=O)/C=C\CC[C@@H]1C. The van der Waals surface area contributed by atoms with E-state index < -0.39 is 0 Å². The summed E-state index contributed by atoms with van der Waals surface area (Å²) in [5.41, 5.74) is 0. The van der Waals surface area contributed by atoms with E-state index in [4.69, 9.17) is 0 Å². The van der Waals surface area contributed by atoms with Crippen LogP contribution in [0.5, 0.6) is 0 Å². The summed E-state index contributed by atoms with van der Waals surface area (Å²) in [4.78, 5) is 22.6. The highest BCUT2D eigenvalue weighted by atomic mass is 16.1. The molecule has 1 unspecified atom stereocenters. The van der Waals surface area contributed by atoms with Gasteiger partial charge in [-0.15, -0.1) is 0 Å². The Bertz CT molecular complexity index is 253. The highest BCUT2D eigenvalue weighted by Crippen LogP contribution is 2.24. The summed E-state index contributed by atoms with van der Waals surface area (Å²) in [6.07, 6.45) is 6.76. The molecule has 78 valence electrons. The van der Waals surface area contributed by atoms with Gasteiger partial charge in [-0.25, -0.2) is 0 Å². The van der Waals surface area contributed by atoms with E-state index in [0.717, 1.165) is 19.3 Å². The fourth-order valence-corrected chi connectivity index (χ4v) is 2.04. The van der Waals surface area contributed by atoms with Gasteiger partial charge >= 0.3 is 0 Å². The normalized spacial score (nSPS) is 31.4.